The van der Waals surface area contributed by atoms with Gasteiger partial charge in [0.15, 0.2) is 5.65 Å². The third-order valence-electron chi connectivity index (χ3n) is 2.14. The number of rotatable bonds is 3. The molecule has 0 amide bonds. The summed E-state index contributed by atoms with van der Waals surface area (Å²) in [4.78, 5) is 14.7. The largest absolute Gasteiger partial charge is 0.481 e. The van der Waals surface area contributed by atoms with Crippen molar-refractivity contribution in [3.8, 4) is 0 Å². The van der Waals surface area contributed by atoms with Crippen molar-refractivity contribution >= 4 is 11.6 Å². The molecule has 0 aromatic carbocycles. The first-order valence-corrected chi connectivity index (χ1v) is 4.70. The lowest BCUT2D eigenvalue weighted by Gasteiger charge is -2.00. The molecular formula is C10H11N3O2. The molecule has 2 heterocycles. The fourth-order valence-electron chi connectivity index (χ4n) is 1.49. The van der Waals surface area contributed by atoms with Crippen molar-refractivity contribution in [1.82, 2.24) is 14.6 Å². The molecule has 78 valence electrons. The fourth-order valence-corrected chi connectivity index (χ4v) is 1.49. The molecule has 0 spiro atoms. The SMILES string of the molecule is Cc1nc2cccc(CCC(=O)O)n2n1. The van der Waals surface area contributed by atoms with Crippen LogP contribution in [0.3, 0.4) is 0 Å². The molecule has 0 radical (unpaired) electrons. The van der Waals surface area contributed by atoms with E-state index >= 15 is 0 Å². The zero-order valence-corrected chi connectivity index (χ0v) is 8.34. The van der Waals surface area contributed by atoms with E-state index in [-0.39, 0.29) is 6.42 Å². The molecule has 1 N–H and O–H groups in total. The molecule has 0 saturated carbocycles. The Balaban J connectivity index is 2.37. The van der Waals surface area contributed by atoms with E-state index in [4.69, 9.17) is 5.11 Å². The third-order valence-corrected chi connectivity index (χ3v) is 2.14. The van der Waals surface area contributed by atoms with E-state index in [9.17, 15) is 4.79 Å². The van der Waals surface area contributed by atoms with Crippen molar-refractivity contribution < 1.29 is 9.90 Å². The number of hydrogen-bond acceptors (Lipinski definition) is 3. The molecule has 15 heavy (non-hydrogen) atoms. The van der Waals surface area contributed by atoms with Gasteiger partial charge in [0.25, 0.3) is 0 Å². The maximum absolute atomic E-state index is 10.5. The maximum Gasteiger partial charge on any atom is 0.303 e. The van der Waals surface area contributed by atoms with Crippen molar-refractivity contribution in [3.05, 3.63) is 29.7 Å². The highest BCUT2D eigenvalue weighted by Crippen LogP contribution is 2.07. The van der Waals surface area contributed by atoms with Gasteiger partial charge in [-0.05, 0) is 19.1 Å². The molecule has 0 aliphatic heterocycles. The Bertz CT molecular complexity index is 504. The van der Waals surface area contributed by atoms with Crippen LogP contribution in [0, 0.1) is 6.92 Å². The van der Waals surface area contributed by atoms with Gasteiger partial charge in [-0.1, -0.05) is 6.07 Å². The second-order valence-electron chi connectivity index (χ2n) is 3.34. The average Bonchev–Trinajstić information content (AvgIpc) is 2.55. The highest BCUT2D eigenvalue weighted by Gasteiger charge is 2.05. The zero-order valence-electron chi connectivity index (χ0n) is 8.34. The summed E-state index contributed by atoms with van der Waals surface area (Å²) in [6, 6.07) is 5.58. The van der Waals surface area contributed by atoms with Crippen molar-refractivity contribution in [1.29, 1.82) is 0 Å². The van der Waals surface area contributed by atoms with Crippen LogP contribution in [-0.4, -0.2) is 25.7 Å². The molecule has 0 bridgehead atoms. The van der Waals surface area contributed by atoms with Crippen molar-refractivity contribution in [3.63, 3.8) is 0 Å². The predicted molar refractivity (Wildman–Crippen MR) is 53.7 cm³/mol. The van der Waals surface area contributed by atoms with E-state index in [1.54, 1.807) is 4.52 Å². The van der Waals surface area contributed by atoms with Crippen molar-refractivity contribution in [2.45, 2.75) is 19.8 Å². The molecule has 2 aromatic rings. The number of pyridine rings is 1. The lowest BCUT2D eigenvalue weighted by molar-refractivity contribution is -0.136. The highest BCUT2D eigenvalue weighted by atomic mass is 16.4. The van der Waals surface area contributed by atoms with Crippen LogP contribution in [0.2, 0.25) is 0 Å². The standard InChI is InChI=1S/C10H11N3O2/c1-7-11-9-4-2-3-8(13(9)12-7)5-6-10(14)15/h2-4H,5-6H2,1H3,(H,14,15). The molecular weight excluding hydrogens is 194 g/mol. The molecule has 2 rings (SSSR count). The van der Waals surface area contributed by atoms with Crippen LogP contribution in [0.25, 0.3) is 5.65 Å². The van der Waals surface area contributed by atoms with E-state index in [1.165, 1.54) is 0 Å². The Hall–Kier alpha value is -1.91. The minimum absolute atomic E-state index is 0.109. The molecule has 0 atom stereocenters. The fraction of sp³-hybridized carbons (Fsp3) is 0.300. The minimum Gasteiger partial charge on any atom is -0.481 e. The number of carbonyl (C=O) groups is 1. The van der Waals surface area contributed by atoms with Gasteiger partial charge in [0.05, 0.1) is 6.42 Å². The molecule has 0 fully saturated rings. The van der Waals surface area contributed by atoms with Crippen LogP contribution in [0.15, 0.2) is 18.2 Å². The van der Waals surface area contributed by atoms with Crippen LogP contribution in [-0.2, 0) is 11.2 Å². The molecule has 0 saturated heterocycles. The first-order valence-electron chi connectivity index (χ1n) is 4.70. The summed E-state index contributed by atoms with van der Waals surface area (Å²) >= 11 is 0. The van der Waals surface area contributed by atoms with E-state index in [1.807, 2.05) is 25.1 Å². The number of carboxylic acids is 1. The quantitative estimate of drug-likeness (QED) is 0.813. The smallest absolute Gasteiger partial charge is 0.303 e. The van der Waals surface area contributed by atoms with Gasteiger partial charge in [-0.3, -0.25) is 4.79 Å². The Kier molecular flexibility index (Phi) is 2.37. The Morgan fingerprint density at radius 3 is 3.07 bits per heavy atom. The summed E-state index contributed by atoms with van der Waals surface area (Å²) in [6.45, 7) is 1.81. The number of carboxylic acid groups (broad SMARTS) is 1. The monoisotopic (exact) mass is 205 g/mol. The predicted octanol–water partition coefficient (Wildman–Crippen LogP) is 1.05. The van der Waals surface area contributed by atoms with Gasteiger partial charge in [0.2, 0.25) is 0 Å². The highest BCUT2D eigenvalue weighted by molar-refractivity contribution is 5.67. The van der Waals surface area contributed by atoms with E-state index in [2.05, 4.69) is 10.1 Å². The first-order chi connectivity index (χ1) is 7.16. The number of aliphatic carboxylic acids is 1. The lowest BCUT2D eigenvalue weighted by Crippen LogP contribution is -2.03. The van der Waals surface area contributed by atoms with Crippen LogP contribution < -0.4 is 0 Å². The summed E-state index contributed by atoms with van der Waals surface area (Å²) in [6.07, 6.45) is 0.577. The van der Waals surface area contributed by atoms with Gasteiger partial charge in [-0.15, -0.1) is 0 Å². The van der Waals surface area contributed by atoms with E-state index in [0.29, 0.717) is 12.2 Å². The van der Waals surface area contributed by atoms with Crippen LogP contribution >= 0.6 is 0 Å². The number of hydrogen-bond donors (Lipinski definition) is 1. The summed E-state index contributed by atoms with van der Waals surface area (Å²) in [5, 5.41) is 12.8. The zero-order chi connectivity index (χ0) is 10.8. The van der Waals surface area contributed by atoms with Crippen molar-refractivity contribution in [2.24, 2.45) is 0 Å². The maximum atomic E-state index is 10.5. The van der Waals surface area contributed by atoms with Crippen molar-refractivity contribution in [2.75, 3.05) is 0 Å². The second kappa shape index (κ2) is 3.68. The van der Waals surface area contributed by atoms with Crippen LogP contribution in [0.4, 0.5) is 0 Å². The van der Waals surface area contributed by atoms with Gasteiger partial charge < -0.3 is 5.11 Å². The molecule has 5 heteroatoms. The van der Waals surface area contributed by atoms with E-state index < -0.39 is 5.97 Å². The summed E-state index contributed by atoms with van der Waals surface area (Å²) in [7, 11) is 0. The Morgan fingerprint density at radius 2 is 2.33 bits per heavy atom. The van der Waals surface area contributed by atoms with Gasteiger partial charge in [0.1, 0.15) is 5.82 Å². The molecule has 2 aromatic heterocycles. The summed E-state index contributed by atoms with van der Waals surface area (Å²) in [5.41, 5.74) is 1.63. The van der Waals surface area contributed by atoms with Gasteiger partial charge in [-0.25, -0.2) is 9.50 Å². The molecule has 0 unspecified atom stereocenters. The summed E-state index contributed by atoms with van der Waals surface area (Å²) in [5.74, 6) is -0.110. The average molecular weight is 205 g/mol. The topological polar surface area (TPSA) is 67.5 Å². The van der Waals surface area contributed by atoms with Crippen LogP contribution in [0.1, 0.15) is 17.9 Å². The summed E-state index contributed by atoms with van der Waals surface area (Å²) < 4.78 is 1.69. The Morgan fingerprint density at radius 1 is 1.53 bits per heavy atom. The van der Waals surface area contributed by atoms with E-state index in [0.717, 1.165) is 11.3 Å². The van der Waals surface area contributed by atoms with Gasteiger partial charge in [0, 0.05) is 12.1 Å². The molecule has 0 aliphatic carbocycles. The third kappa shape index (κ3) is 1.96. The first kappa shape index (κ1) is 9.64. The minimum atomic E-state index is -0.802. The normalized spacial score (nSPS) is 10.7. The van der Waals surface area contributed by atoms with Gasteiger partial charge in [-0.2, -0.15) is 5.10 Å². The second-order valence-corrected chi connectivity index (χ2v) is 3.34. The number of fused-ring (bicyclic) bond motifs is 1. The van der Waals surface area contributed by atoms with Gasteiger partial charge >= 0.3 is 5.97 Å². The lowest BCUT2D eigenvalue weighted by atomic mass is 10.2. The van der Waals surface area contributed by atoms with Crippen LogP contribution in [0.5, 0.6) is 0 Å². The number of aryl methyl sites for hydroxylation is 2. The molecule has 0 aliphatic rings. The Labute approximate surface area is 86.4 Å². The number of nitrogens with zero attached hydrogens (tertiary/aromatic N) is 3. The molecule has 5 nitrogen and oxygen atoms in total. The number of aromatic nitrogens is 3.